The molecule has 1 rings (SSSR count). The molecule has 4 nitrogen and oxygen atoms in total. The third-order valence-electron chi connectivity index (χ3n) is 2.43. The Balaban J connectivity index is 2.66. The smallest absolute Gasteiger partial charge is 0.217 e. The Morgan fingerprint density at radius 3 is 2.38 bits per heavy atom. The van der Waals surface area contributed by atoms with E-state index in [0.29, 0.717) is 12.8 Å². The molecule has 0 heterocycles. The molecule has 0 bridgehead atoms. The van der Waals surface area contributed by atoms with Gasteiger partial charge in [0.25, 0.3) is 0 Å². The van der Waals surface area contributed by atoms with Gasteiger partial charge < -0.3 is 15.2 Å². The molecule has 16 heavy (non-hydrogen) atoms. The average molecular weight is 223 g/mol. The van der Waals surface area contributed by atoms with Gasteiger partial charge in [-0.1, -0.05) is 12.1 Å². The van der Waals surface area contributed by atoms with Gasteiger partial charge in [-0.3, -0.25) is 4.79 Å². The zero-order valence-corrected chi connectivity index (χ0v) is 9.60. The van der Waals surface area contributed by atoms with Gasteiger partial charge in [0.1, 0.15) is 5.75 Å². The van der Waals surface area contributed by atoms with Crippen LogP contribution in [0, 0.1) is 0 Å². The van der Waals surface area contributed by atoms with E-state index in [4.69, 9.17) is 15.2 Å². The Morgan fingerprint density at radius 1 is 1.31 bits per heavy atom. The number of benzene rings is 1. The number of methoxy groups -OCH3 is 2. The minimum Gasteiger partial charge on any atom is -0.497 e. The lowest BCUT2D eigenvalue weighted by molar-refractivity contribution is -0.118. The van der Waals surface area contributed by atoms with Crippen molar-refractivity contribution in [3.63, 3.8) is 0 Å². The van der Waals surface area contributed by atoms with Gasteiger partial charge in [0.2, 0.25) is 5.91 Å². The van der Waals surface area contributed by atoms with Crippen molar-refractivity contribution in [2.45, 2.75) is 18.9 Å². The molecule has 0 aromatic heterocycles. The number of nitrogens with two attached hydrogens (primary N) is 1. The summed E-state index contributed by atoms with van der Waals surface area (Å²) in [6.45, 7) is 0. The van der Waals surface area contributed by atoms with Gasteiger partial charge in [-0.25, -0.2) is 0 Å². The molecule has 2 N–H and O–H groups in total. The highest BCUT2D eigenvalue weighted by Gasteiger charge is 2.11. The van der Waals surface area contributed by atoms with Crippen LogP contribution in [0.3, 0.4) is 0 Å². The van der Waals surface area contributed by atoms with Gasteiger partial charge >= 0.3 is 0 Å². The zero-order chi connectivity index (χ0) is 12.0. The van der Waals surface area contributed by atoms with Crippen molar-refractivity contribution in [3.8, 4) is 5.75 Å². The fraction of sp³-hybridized carbons (Fsp3) is 0.417. The molecule has 4 heteroatoms. The average Bonchev–Trinajstić information content (AvgIpc) is 2.30. The van der Waals surface area contributed by atoms with Crippen LogP contribution in [-0.2, 0) is 9.53 Å². The number of amides is 1. The maximum atomic E-state index is 10.7. The molecule has 0 aliphatic carbocycles. The molecular formula is C12H17NO3. The first-order valence-electron chi connectivity index (χ1n) is 5.12. The summed E-state index contributed by atoms with van der Waals surface area (Å²) in [5.41, 5.74) is 6.12. The van der Waals surface area contributed by atoms with Crippen LogP contribution in [-0.4, -0.2) is 20.1 Å². The molecule has 0 fully saturated rings. The maximum absolute atomic E-state index is 10.7. The Hall–Kier alpha value is -1.55. The number of primary amides is 1. The van der Waals surface area contributed by atoms with E-state index < -0.39 is 0 Å². The Morgan fingerprint density at radius 2 is 1.94 bits per heavy atom. The SMILES string of the molecule is COc1ccc(C(CCC(N)=O)OC)cc1. The highest BCUT2D eigenvalue weighted by Crippen LogP contribution is 2.23. The topological polar surface area (TPSA) is 61.5 Å². The van der Waals surface area contributed by atoms with Crippen molar-refractivity contribution in [3.05, 3.63) is 29.8 Å². The third-order valence-corrected chi connectivity index (χ3v) is 2.43. The molecule has 1 atom stereocenters. The van der Waals surface area contributed by atoms with Crippen molar-refractivity contribution in [1.29, 1.82) is 0 Å². The maximum Gasteiger partial charge on any atom is 0.217 e. The first-order chi connectivity index (χ1) is 7.67. The van der Waals surface area contributed by atoms with E-state index in [0.717, 1.165) is 11.3 Å². The Kier molecular flexibility index (Phi) is 4.79. The number of carbonyl (C=O) groups is 1. The van der Waals surface area contributed by atoms with Crippen LogP contribution in [0.15, 0.2) is 24.3 Å². The summed E-state index contributed by atoms with van der Waals surface area (Å²) in [5.74, 6) is 0.490. The predicted molar refractivity (Wildman–Crippen MR) is 61.2 cm³/mol. The molecule has 0 aliphatic heterocycles. The van der Waals surface area contributed by atoms with Crippen molar-refractivity contribution in [1.82, 2.24) is 0 Å². The predicted octanol–water partition coefficient (Wildman–Crippen LogP) is 1.65. The molecule has 0 radical (unpaired) electrons. The summed E-state index contributed by atoms with van der Waals surface area (Å²) < 4.78 is 10.4. The zero-order valence-electron chi connectivity index (χ0n) is 9.60. The molecular weight excluding hydrogens is 206 g/mol. The second-order valence-corrected chi connectivity index (χ2v) is 3.50. The summed E-state index contributed by atoms with van der Waals surface area (Å²) in [6.07, 6.45) is 0.821. The van der Waals surface area contributed by atoms with Gasteiger partial charge in [-0.05, 0) is 24.1 Å². The second kappa shape index (κ2) is 6.12. The summed E-state index contributed by atoms with van der Waals surface area (Å²) in [6, 6.07) is 7.58. The number of hydrogen-bond acceptors (Lipinski definition) is 3. The molecule has 1 aromatic rings. The quantitative estimate of drug-likeness (QED) is 0.797. The summed E-state index contributed by atoms with van der Waals surface area (Å²) >= 11 is 0. The lowest BCUT2D eigenvalue weighted by Gasteiger charge is -2.15. The van der Waals surface area contributed by atoms with E-state index >= 15 is 0 Å². The van der Waals surface area contributed by atoms with E-state index in [9.17, 15) is 4.79 Å². The fourth-order valence-electron chi connectivity index (χ4n) is 1.51. The lowest BCUT2D eigenvalue weighted by Crippen LogP contribution is -2.13. The van der Waals surface area contributed by atoms with E-state index in [-0.39, 0.29) is 12.0 Å². The molecule has 0 spiro atoms. The lowest BCUT2D eigenvalue weighted by atomic mass is 10.0. The molecule has 0 saturated heterocycles. The molecule has 0 aliphatic rings. The fourth-order valence-corrected chi connectivity index (χ4v) is 1.51. The van der Waals surface area contributed by atoms with Crippen LogP contribution in [0.2, 0.25) is 0 Å². The van der Waals surface area contributed by atoms with Crippen molar-refractivity contribution < 1.29 is 14.3 Å². The number of hydrogen-bond donors (Lipinski definition) is 1. The molecule has 0 saturated carbocycles. The van der Waals surface area contributed by atoms with Crippen LogP contribution >= 0.6 is 0 Å². The summed E-state index contributed by atoms with van der Waals surface area (Å²) in [5, 5.41) is 0. The number of ether oxygens (including phenoxy) is 2. The van der Waals surface area contributed by atoms with Crippen LogP contribution in [0.25, 0.3) is 0 Å². The van der Waals surface area contributed by atoms with Crippen LogP contribution in [0.4, 0.5) is 0 Å². The normalized spacial score (nSPS) is 12.1. The van der Waals surface area contributed by atoms with E-state index in [1.807, 2.05) is 24.3 Å². The van der Waals surface area contributed by atoms with Crippen molar-refractivity contribution >= 4 is 5.91 Å². The highest BCUT2D eigenvalue weighted by molar-refractivity contribution is 5.73. The molecule has 1 unspecified atom stereocenters. The van der Waals surface area contributed by atoms with Gasteiger partial charge in [-0.15, -0.1) is 0 Å². The molecule has 1 aromatic carbocycles. The summed E-state index contributed by atoms with van der Waals surface area (Å²) in [7, 11) is 3.24. The van der Waals surface area contributed by atoms with E-state index in [1.165, 1.54) is 0 Å². The number of rotatable bonds is 6. The molecule has 88 valence electrons. The van der Waals surface area contributed by atoms with Crippen molar-refractivity contribution in [2.24, 2.45) is 5.73 Å². The monoisotopic (exact) mass is 223 g/mol. The van der Waals surface area contributed by atoms with Crippen LogP contribution < -0.4 is 10.5 Å². The van der Waals surface area contributed by atoms with E-state index in [1.54, 1.807) is 14.2 Å². The minimum absolute atomic E-state index is 0.0987. The minimum atomic E-state index is -0.310. The van der Waals surface area contributed by atoms with Crippen molar-refractivity contribution in [2.75, 3.05) is 14.2 Å². The first-order valence-corrected chi connectivity index (χ1v) is 5.12. The standard InChI is InChI=1S/C12H17NO3/c1-15-10-5-3-9(4-6-10)11(16-2)7-8-12(13)14/h3-6,11H,7-8H2,1-2H3,(H2,13,14). The number of carbonyl (C=O) groups excluding carboxylic acids is 1. The van der Waals surface area contributed by atoms with Crippen LogP contribution in [0.5, 0.6) is 5.75 Å². The van der Waals surface area contributed by atoms with Gasteiger partial charge in [-0.2, -0.15) is 0 Å². The molecule has 1 amide bonds. The van der Waals surface area contributed by atoms with Crippen LogP contribution in [0.1, 0.15) is 24.5 Å². The summed E-state index contributed by atoms with van der Waals surface area (Å²) in [4.78, 5) is 10.7. The third kappa shape index (κ3) is 3.55. The first kappa shape index (κ1) is 12.5. The van der Waals surface area contributed by atoms with Gasteiger partial charge in [0.05, 0.1) is 13.2 Å². The van der Waals surface area contributed by atoms with Gasteiger partial charge in [0.15, 0.2) is 0 Å². The van der Waals surface area contributed by atoms with Gasteiger partial charge in [0, 0.05) is 13.5 Å². The van der Waals surface area contributed by atoms with E-state index in [2.05, 4.69) is 0 Å². The Bertz CT molecular complexity index is 335. The Labute approximate surface area is 95.3 Å². The second-order valence-electron chi connectivity index (χ2n) is 3.50. The largest absolute Gasteiger partial charge is 0.497 e. The highest BCUT2D eigenvalue weighted by atomic mass is 16.5.